The molecule has 21 heavy (non-hydrogen) atoms. The first kappa shape index (κ1) is 15.5. The van der Waals surface area contributed by atoms with Gasteiger partial charge in [-0.2, -0.15) is 5.26 Å². The zero-order valence-electron chi connectivity index (χ0n) is 12.3. The second-order valence-corrected chi connectivity index (χ2v) is 5.08. The molecule has 1 atom stereocenters. The minimum absolute atomic E-state index is 0.0495. The van der Waals surface area contributed by atoms with Gasteiger partial charge in [0.1, 0.15) is 0 Å². The fraction of sp³-hybridized carbons (Fsp3) is 0.500. The number of amides is 1. The molecular weight excluding hydrogens is 266 g/mol. The molecule has 1 saturated heterocycles. The Hall–Kier alpha value is -1.90. The van der Waals surface area contributed by atoms with Crippen LogP contribution in [-0.4, -0.2) is 43.2 Å². The average Bonchev–Trinajstić information content (AvgIpc) is 2.53. The highest BCUT2D eigenvalue weighted by Crippen LogP contribution is 2.13. The Labute approximate surface area is 125 Å². The molecule has 0 aromatic heterocycles. The molecule has 1 aliphatic heterocycles. The third-order valence-corrected chi connectivity index (χ3v) is 3.64. The van der Waals surface area contributed by atoms with Crippen LogP contribution in [-0.2, 0) is 16.1 Å². The number of nitrogens with zero attached hydrogens (tertiary/aromatic N) is 2. The van der Waals surface area contributed by atoms with Gasteiger partial charge in [-0.3, -0.25) is 4.79 Å². The van der Waals surface area contributed by atoms with Crippen LogP contribution < -0.4 is 5.32 Å². The first-order valence-electron chi connectivity index (χ1n) is 7.32. The van der Waals surface area contributed by atoms with Crippen LogP contribution in [0.4, 0.5) is 0 Å². The molecule has 1 amide bonds. The van der Waals surface area contributed by atoms with E-state index in [1.807, 2.05) is 25.1 Å². The highest BCUT2D eigenvalue weighted by atomic mass is 16.5. The molecule has 0 aliphatic carbocycles. The summed E-state index contributed by atoms with van der Waals surface area (Å²) in [6.45, 7) is 5.27. The van der Waals surface area contributed by atoms with Gasteiger partial charge >= 0.3 is 0 Å². The van der Waals surface area contributed by atoms with Crippen molar-refractivity contribution in [2.45, 2.75) is 26.0 Å². The zero-order chi connectivity index (χ0) is 15.1. The topological polar surface area (TPSA) is 65.4 Å². The van der Waals surface area contributed by atoms with Gasteiger partial charge < -0.3 is 15.0 Å². The van der Waals surface area contributed by atoms with Crippen LogP contribution in [0.2, 0.25) is 0 Å². The van der Waals surface area contributed by atoms with E-state index in [1.54, 1.807) is 11.0 Å². The van der Waals surface area contributed by atoms with Crippen LogP contribution in [0.5, 0.6) is 0 Å². The van der Waals surface area contributed by atoms with E-state index < -0.39 is 0 Å². The lowest BCUT2D eigenvalue weighted by Gasteiger charge is -2.27. The molecule has 0 radical (unpaired) electrons. The largest absolute Gasteiger partial charge is 0.375 e. The summed E-state index contributed by atoms with van der Waals surface area (Å²) < 4.78 is 5.58. The van der Waals surface area contributed by atoms with Gasteiger partial charge in [-0.15, -0.1) is 0 Å². The van der Waals surface area contributed by atoms with Crippen molar-refractivity contribution in [3.63, 3.8) is 0 Å². The van der Waals surface area contributed by atoms with E-state index >= 15 is 0 Å². The standard InChI is InChI=1S/C16H21N3O2/c1-2-19(12-14-6-4-3-5-13(14)10-17)16(20)9-15-11-18-7-8-21-15/h3-6,15,18H,2,7-9,11-12H2,1H3. The Balaban J connectivity index is 1.98. The summed E-state index contributed by atoms with van der Waals surface area (Å²) in [6.07, 6.45) is 0.335. The van der Waals surface area contributed by atoms with E-state index in [0.29, 0.717) is 31.7 Å². The van der Waals surface area contributed by atoms with Crippen molar-refractivity contribution < 1.29 is 9.53 Å². The van der Waals surface area contributed by atoms with Crippen molar-refractivity contribution in [3.05, 3.63) is 35.4 Å². The second kappa shape index (κ2) is 7.77. The molecule has 1 aromatic carbocycles. The van der Waals surface area contributed by atoms with E-state index in [1.165, 1.54) is 0 Å². The van der Waals surface area contributed by atoms with Gasteiger partial charge in [-0.05, 0) is 18.6 Å². The lowest BCUT2D eigenvalue weighted by molar-refractivity contribution is -0.135. The molecule has 0 bridgehead atoms. The number of hydrogen-bond donors (Lipinski definition) is 1. The fourth-order valence-corrected chi connectivity index (χ4v) is 2.42. The van der Waals surface area contributed by atoms with Gasteiger partial charge in [0.05, 0.1) is 30.8 Å². The van der Waals surface area contributed by atoms with Crippen molar-refractivity contribution in [2.75, 3.05) is 26.2 Å². The number of hydrogen-bond acceptors (Lipinski definition) is 4. The molecule has 1 N–H and O–H groups in total. The summed E-state index contributed by atoms with van der Waals surface area (Å²) in [5.74, 6) is 0.0685. The Kier molecular flexibility index (Phi) is 5.73. The second-order valence-electron chi connectivity index (χ2n) is 5.08. The summed E-state index contributed by atoms with van der Waals surface area (Å²) in [5, 5.41) is 12.3. The smallest absolute Gasteiger partial charge is 0.225 e. The number of morpholine rings is 1. The van der Waals surface area contributed by atoms with Crippen LogP contribution in [0.3, 0.4) is 0 Å². The Morgan fingerprint density at radius 2 is 2.33 bits per heavy atom. The van der Waals surface area contributed by atoms with Crippen molar-refractivity contribution in [1.29, 1.82) is 5.26 Å². The third kappa shape index (κ3) is 4.28. The molecule has 0 spiro atoms. The Morgan fingerprint density at radius 3 is 3.00 bits per heavy atom. The summed E-state index contributed by atoms with van der Waals surface area (Å²) in [5.41, 5.74) is 1.51. The average molecular weight is 287 g/mol. The molecule has 0 saturated carbocycles. The van der Waals surface area contributed by atoms with E-state index in [9.17, 15) is 4.79 Å². The maximum absolute atomic E-state index is 12.4. The van der Waals surface area contributed by atoms with Crippen molar-refractivity contribution in [2.24, 2.45) is 0 Å². The number of carbonyl (C=O) groups excluding carboxylic acids is 1. The predicted octanol–water partition coefficient (Wildman–Crippen LogP) is 1.29. The van der Waals surface area contributed by atoms with Crippen molar-refractivity contribution >= 4 is 5.91 Å². The first-order chi connectivity index (χ1) is 10.2. The van der Waals surface area contributed by atoms with E-state index in [0.717, 1.165) is 18.7 Å². The van der Waals surface area contributed by atoms with Crippen molar-refractivity contribution in [1.82, 2.24) is 10.2 Å². The Morgan fingerprint density at radius 1 is 1.52 bits per heavy atom. The van der Waals surface area contributed by atoms with Crippen molar-refractivity contribution in [3.8, 4) is 6.07 Å². The minimum atomic E-state index is -0.0495. The molecule has 1 aliphatic rings. The summed E-state index contributed by atoms with van der Waals surface area (Å²) in [4.78, 5) is 14.2. The molecule has 1 fully saturated rings. The predicted molar refractivity (Wildman–Crippen MR) is 79.5 cm³/mol. The van der Waals surface area contributed by atoms with E-state index in [4.69, 9.17) is 10.00 Å². The lowest BCUT2D eigenvalue weighted by atomic mass is 10.1. The third-order valence-electron chi connectivity index (χ3n) is 3.64. The summed E-state index contributed by atoms with van der Waals surface area (Å²) in [6, 6.07) is 9.57. The molecular formula is C16H21N3O2. The van der Waals surface area contributed by atoms with Gasteiger partial charge in [0.2, 0.25) is 5.91 Å². The number of rotatable bonds is 5. The molecule has 1 unspecified atom stereocenters. The number of nitrogens with one attached hydrogen (secondary N) is 1. The molecule has 112 valence electrons. The molecule has 5 heteroatoms. The van der Waals surface area contributed by atoms with Crippen LogP contribution in [0, 0.1) is 11.3 Å². The van der Waals surface area contributed by atoms with E-state index in [2.05, 4.69) is 11.4 Å². The number of benzene rings is 1. The van der Waals surface area contributed by atoms with Crippen LogP contribution in [0.25, 0.3) is 0 Å². The van der Waals surface area contributed by atoms with Gasteiger partial charge in [0.15, 0.2) is 0 Å². The van der Waals surface area contributed by atoms with Crippen LogP contribution in [0.15, 0.2) is 24.3 Å². The number of carbonyl (C=O) groups is 1. The monoisotopic (exact) mass is 287 g/mol. The van der Waals surface area contributed by atoms with Crippen LogP contribution in [0.1, 0.15) is 24.5 Å². The Bertz CT molecular complexity index is 518. The zero-order valence-corrected chi connectivity index (χ0v) is 12.3. The number of nitriles is 1. The highest BCUT2D eigenvalue weighted by molar-refractivity contribution is 5.76. The summed E-state index contributed by atoms with van der Waals surface area (Å²) in [7, 11) is 0. The lowest BCUT2D eigenvalue weighted by Crippen LogP contribution is -2.42. The SMILES string of the molecule is CCN(Cc1ccccc1C#N)C(=O)CC1CNCCO1. The highest BCUT2D eigenvalue weighted by Gasteiger charge is 2.21. The van der Waals surface area contributed by atoms with Gasteiger partial charge in [0, 0.05) is 26.2 Å². The molecule has 5 nitrogen and oxygen atoms in total. The van der Waals surface area contributed by atoms with E-state index in [-0.39, 0.29) is 12.0 Å². The number of ether oxygens (including phenoxy) is 1. The molecule has 2 rings (SSSR count). The quantitative estimate of drug-likeness (QED) is 0.886. The van der Waals surface area contributed by atoms with Gasteiger partial charge in [-0.1, -0.05) is 18.2 Å². The fourth-order valence-electron chi connectivity index (χ4n) is 2.42. The minimum Gasteiger partial charge on any atom is -0.375 e. The van der Waals surface area contributed by atoms with Gasteiger partial charge in [0.25, 0.3) is 0 Å². The molecule has 1 heterocycles. The van der Waals surface area contributed by atoms with Gasteiger partial charge in [-0.25, -0.2) is 0 Å². The normalized spacial score (nSPS) is 18.0. The van der Waals surface area contributed by atoms with Crippen LogP contribution >= 0.6 is 0 Å². The first-order valence-corrected chi connectivity index (χ1v) is 7.32. The maximum Gasteiger partial charge on any atom is 0.225 e. The molecule has 1 aromatic rings. The maximum atomic E-state index is 12.4. The summed E-state index contributed by atoms with van der Waals surface area (Å²) >= 11 is 0.